The first-order valence-corrected chi connectivity index (χ1v) is 6.24. The lowest BCUT2D eigenvalue weighted by Gasteiger charge is -2.08. The Hall–Kier alpha value is -1.36. The molecule has 0 saturated heterocycles. The number of fused-ring (bicyclic) bond motifs is 1. The smallest absolute Gasteiger partial charge is 0.255 e. The molecule has 90 valence electrons. The third-order valence-corrected chi connectivity index (χ3v) is 2.93. The van der Waals surface area contributed by atoms with E-state index in [9.17, 15) is 9.59 Å². The first-order valence-electron chi connectivity index (χ1n) is 5.33. The molecule has 1 aliphatic rings. The van der Waals surface area contributed by atoms with Gasteiger partial charge in [0, 0.05) is 5.56 Å². The van der Waals surface area contributed by atoms with Crippen LogP contribution in [-0.4, -0.2) is 29.7 Å². The van der Waals surface area contributed by atoms with Gasteiger partial charge in [0.25, 0.3) is 5.91 Å². The molecular formula is C12H12BrNO3. The Bertz CT molecular complexity index is 471. The minimum absolute atomic E-state index is 0.0511. The standard InChI is InChI=1S/C12H12BrNO3/c1-7(13)11(15)8-2-3-10-9(6-8)12(16)14-4-5-17-10/h2-3,6-7H,4-5H2,1H3,(H,14,16). The van der Waals surface area contributed by atoms with Gasteiger partial charge in [0.1, 0.15) is 12.4 Å². The first kappa shape index (κ1) is 12.1. The second-order valence-electron chi connectivity index (χ2n) is 3.80. The Morgan fingerprint density at radius 2 is 2.29 bits per heavy atom. The molecule has 0 aliphatic carbocycles. The van der Waals surface area contributed by atoms with E-state index < -0.39 is 0 Å². The fraction of sp³-hybridized carbons (Fsp3) is 0.333. The molecule has 17 heavy (non-hydrogen) atoms. The van der Waals surface area contributed by atoms with Crippen molar-refractivity contribution in [2.75, 3.05) is 13.2 Å². The number of carbonyl (C=O) groups is 2. The highest BCUT2D eigenvalue weighted by molar-refractivity contribution is 9.10. The van der Waals surface area contributed by atoms with E-state index in [4.69, 9.17) is 4.74 Å². The van der Waals surface area contributed by atoms with Crippen molar-refractivity contribution >= 4 is 27.6 Å². The van der Waals surface area contributed by atoms with Crippen LogP contribution < -0.4 is 10.1 Å². The van der Waals surface area contributed by atoms with Gasteiger partial charge in [-0.3, -0.25) is 9.59 Å². The summed E-state index contributed by atoms with van der Waals surface area (Å²) in [5, 5.41) is 2.71. The number of ether oxygens (including phenoxy) is 1. The van der Waals surface area contributed by atoms with E-state index >= 15 is 0 Å². The molecule has 0 aromatic heterocycles. The largest absolute Gasteiger partial charge is 0.491 e. The molecule has 2 rings (SSSR count). The van der Waals surface area contributed by atoms with Crippen molar-refractivity contribution in [3.63, 3.8) is 0 Å². The molecule has 0 spiro atoms. The molecule has 1 aromatic carbocycles. The second kappa shape index (κ2) is 4.87. The zero-order chi connectivity index (χ0) is 12.4. The third kappa shape index (κ3) is 2.49. The highest BCUT2D eigenvalue weighted by Crippen LogP contribution is 2.23. The van der Waals surface area contributed by atoms with Gasteiger partial charge in [0.2, 0.25) is 0 Å². The van der Waals surface area contributed by atoms with Crippen molar-refractivity contribution < 1.29 is 14.3 Å². The molecular weight excluding hydrogens is 286 g/mol. The SMILES string of the molecule is CC(Br)C(=O)c1ccc2c(c1)C(=O)NCCO2. The van der Waals surface area contributed by atoms with Gasteiger partial charge < -0.3 is 10.1 Å². The van der Waals surface area contributed by atoms with Crippen LogP contribution >= 0.6 is 15.9 Å². The van der Waals surface area contributed by atoms with Crippen molar-refractivity contribution in [2.24, 2.45) is 0 Å². The molecule has 1 atom stereocenters. The molecule has 1 heterocycles. The van der Waals surface area contributed by atoms with Gasteiger partial charge in [-0.1, -0.05) is 15.9 Å². The van der Waals surface area contributed by atoms with Gasteiger partial charge in [-0.15, -0.1) is 0 Å². The first-order chi connectivity index (χ1) is 8.09. The number of carbonyl (C=O) groups excluding carboxylic acids is 2. The lowest BCUT2D eigenvalue weighted by Crippen LogP contribution is -2.24. The Kier molecular flexibility index (Phi) is 3.47. The van der Waals surface area contributed by atoms with Crippen LogP contribution in [0.15, 0.2) is 18.2 Å². The molecule has 0 bridgehead atoms. The third-order valence-electron chi connectivity index (χ3n) is 2.52. The molecule has 0 saturated carbocycles. The minimum atomic E-state index is -0.268. The van der Waals surface area contributed by atoms with E-state index in [1.807, 2.05) is 0 Å². The van der Waals surface area contributed by atoms with Crippen molar-refractivity contribution in [3.8, 4) is 5.75 Å². The fourth-order valence-electron chi connectivity index (χ4n) is 1.64. The zero-order valence-corrected chi connectivity index (χ0v) is 10.9. The maximum Gasteiger partial charge on any atom is 0.255 e. The molecule has 0 fully saturated rings. The Morgan fingerprint density at radius 1 is 1.53 bits per heavy atom. The van der Waals surface area contributed by atoms with E-state index in [-0.39, 0.29) is 16.5 Å². The van der Waals surface area contributed by atoms with Crippen LogP contribution in [0.5, 0.6) is 5.75 Å². The number of amides is 1. The topological polar surface area (TPSA) is 55.4 Å². The number of ketones is 1. The van der Waals surface area contributed by atoms with Crippen molar-refractivity contribution in [2.45, 2.75) is 11.8 Å². The second-order valence-corrected chi connectivity index (χ2v) is 5.17. The van der Waals surface area contributed by atoms with Crippen molar-refractivity contribution in [1.29, 1.82) is 0 Å². The van der Waals surface area contributed by atoms with Gasteiger partial charge in [-0.2, -0.15) is 0 Å². The lowest BCUT2D eigenvalue weighted by atomic mass is 10.0. The van der Waals surface area contributed by atoms with Gasteiger partial charge in [0.05, 0.1) is 16.9 Å². The Balaban J connectivity index is 2.41. The summed E-state index contributed by atoms with van der Waals surface area (Å²) >= 11 is 3.22. The highest BCUT2D eigenvalue weighted by Gasteiger charge is 2.19. The predicted octanol–water partition coefficient (Wildman–Crippen LogP) is 1.77. The van der Waals surface area contributed by atoms with Crippen molar-refractivity contribution in [3.05, 3.63) is 29.3 Å². The van der Waals surface area contributed by atoms with Crippen LogP contribution in [0.4, 0.5) is 0 Å². The number of Topliss-reactive ketones (excluding diaryl/α,β-unsaturated/α-hetero) is 1. The Morgan fingerprint density at radius 3 is 3.00 bits per heavy atom. The number of hydrogen-bond donors (Lipinski definition) is 1. The lowest BCUT2D eigenvalue weighted by molar-refractivity contribution is 0.0957. The molecule has 1 aliphatic heterocycles. The van der Waals surface area contributed by atoms with Crippen molar-refractivity contribution in [1.82, 2.24) is 5.32 Å². The summed E-state index contributed by atoms with van der Waals surface area (Å²) in [5.74, 6) is 0.276. The summed E-state index contributed by atoms with van der Waals surface area (Å²) in [6.45, 7) is 2.68. The quantitative estimate of drug-likeness (QED) is 0.669. The normalized spacial score (nSPS) is 16.2. The van der Waals surface area contributed by atoms with Gasteiger partial charge >= 0.3 is 0 Å². The molecule has 0 radical (unpaired) electrons. The fourth-order valence-corrected chi connectivity index (χ4v) is 1.90. The molecule has 1 N–H and O–H groups in total. The molecule has 1 aromatic rings. The van der Waals surface area contributed by atoms with Crippen LogP contribution in [0, 0.1) is 0 Å². The molecule has 4 nitrogen and oxygen atoms in total. The van der Waals surface area contributed by atoms with Crippen LogP contribution in [0.2, 0.25) is 0 Å². The van der Waals surface area contributed by atoms with Gasteiger partial charge in [0.15, 0.2) is 5.78 Å². The summed E-state index contributed by atoms with van der Waals surface area (Å²) in [4.78, 5) is 23.3. The van der Waals surface area contributed by atoms with Gasteiger partial charge in [-0.05, 0) is 25.1 Å². The maximum absolute atomic E-state index is 11.8. The van der Waals surface area contributed by atoms with Crippen LogP contribution in [0.3, 0.4) is 0 Å². The molecule has 1 unspecified atom stereocenters. The van der Waals surface area contributed by atoms with E-state index in [2.05, 4.69) is 21.2 Å². The number of halogens is 1. The maximum atomic E-state index is 11.8. The summed E-state index contributed by atoms with van der Waals surface area (Å²) in [5.41, 5.74) is 0.926. The van der Waals surface area contributed by atoms with E-state index in [1.165, 1.54) is 0 Å². The Labute approximate surface area is 107 Å². The monoisotopic (exact) mass is 297 g/mol. The summed E-state index contributed by atoms with van der Waals surface area (Å²) < 4.78 is 5.41. The highest BCUT2D eigenvalue weighted by atomic mass is 79.9. The number of hydrogen-bond acceptors (Lipinski definition) is 3. The predicted molar refractivity (Wildman–Crippen MR) is 67.0 cm³/mol. The molecule has 1 amide bonds. The summed E-state index contributed by atoms with van der Waals surface area (Å²) in [6.07, 6.45) is 0. The number of alkyl halides is 1. The van der Waals surface area contributed by atoms with Crippen LogP contribution in [0.25, 0.3) is 0 Å². The number of nitrogens with one attached hydrogen (secondary N) is 1. The average Bonchev–Trinajstić information content (AvgIpc) is 2.50. The summed E-state index contributed by atoms with van der Waals surface area (Å²) in [6, 6.07) is 4.93. The number of rotatable bonds is 2. The van der Waals surface area contributed by atoms with E-state index in [0.29, 0.717) is 30.0 Å². The van der Waals surface area contributed by atoms with Crippen LogP contribution in [-0.2, 0) is 0 Å². The van der Waals surface area contributed by atoms with E-state index in [0.717, 1.165) is 0 Å². The van der Waals surface area contributed by atoms with Gasteiger partial charge in [-0.25, -0.2) is 0 Å². The average molecular weight is 298 g/mol. The minimum Gasteiger partial charge on any atom is -0.491 e. The van der Waals surface area contributed by atoms with E-state index in [1.54, 1.807) is 25.1 Å². The van der Waals surface area contributed by atoms with Crippen LogP contribution in [0.1, 0.15) is 27.6 Å². The number of benzene rings is 1. The zero-order valence-electron chi connectivity index (χ0n) is 9.33. The summed E-state index contributed by atoms with van der Waals surface area (Å²) in [7, 11) is 0. The molecule has 5 heteroatoms.